The molecular weight excluding hydrogens is 899 g/mol. The number of rotatable bonds is 11. The van der Waals surface area contributed by atoms with E-state index in [4.69, 9.17) is 55.9 Å². The van der Waals surface area contributed by atoms with Crippen LogP contribution in [0, 0.1) is 12.7 Å². The Hall–Kier alpha value is -3.57. The van der Waals surface area contributed by atoms with Crippen LogP contribution in [0.15, 0.2) is 69.3 Å². The van der Waals surface area contributed by atoms with Gasteiger partial charge in [0.05, 0.1) is 48.0 Å². The maximum Gasteiger partial charge on any atom is 0.325 e. The standard InChI is InChI=1S/C15H15ClFN3O3S2.C15H22ClNO2.C11H11Cl2NO2/c1-23-13(21)8-24-12-7-11(10(17)6-9(12)16)18-14-19-4-2-3-5-20(19)15(22)25-14;1-5-13-8-6-7-11(2)15(13)17(14(18)9-16)12(3)10-19-4;1-7-6-16-9-5-3-2-4-8(9)14(7)11(15)10(12)13/h6-7H,2-5,8H2,1H3;6-8,12H,5,9-10H2,1-4H3;2-5,7,10H,6H2,1H3. The highest BCUT2D eigenvalue weighted by Crippen LogP contribution is 2.35. The molecule has 0 saturated heterocycles. The Morgan fingerprint density at radius 1 is 1.08 bits per heavy atom. The molecule has 0 N–H and O–H groups in total. The van der Waals surface area contributed by atoms with Crippen LogP contribution in [0.1, 0.15) is 44.7 Å². The first-order valence-corrected chi connectivity index (χ1v) is 22.6. The molecular formula is C41H48Cl4FN5O7S2. The lowest BCUT2D eigenvalue weighted by Gasteiger charge is -2.35. The monoisotopic (exact) mass is 945 g/mol. The van der Waals surface area contributed by atoms with E-state index in [1.807, 2.05) is 57.2 Å². The Labute approximate surface area is 377 Å². The molecule has 3 aromatic carbocycles. The number of fused-ring (bicyclic) bond motifs is 2. The number of alkyl halides is 3. The molecule has 2 aliphatic heterocycles. The molecule has 12 nitrogen and oxygen atoms in total. The van der Waals surface area contributed by atoms with Gasteiger partial charge in [0.25, 0.3) is 5.91 Å². The normalized spacial score (nSPS) is 15.0. The third-order valence-electron chi connectivity index (χ3n) is 9.33. The Bertz CT molecular complexity index is 2250. The Morgan fingerprint density at radius 3 is 2.43 bits per heavy atom. The molecule has 326 valence electrons. The number of hydrogen-bond donors (Lipinski definition) is 0. The topological polar surface area (TPSA) is 125 Å². The minimum absolute atomic E-state index is 0.0223. The van der Waals surface area contributed by atoms with Gasteiger partial charge in [-0.1, -0.05) is 72.1 Å². The number of aromatic nitrogens is 2. The van der Waals surface area contributed by atoms with Crippen molar-refractivity contribution in [3.05, 3.63) is 91.0 Å². The average molecular weight is 948 g/mol. The van der Waals surface area contributed by atoms with Crippen LogP contribution in [0.25, 0.3) is 0 Å². The van der Waals surface area contributed by atoms with Crippen molar-refractivity contribution < 1.29 is 33.0 Å². The van der Waals surface area contributed by atoms with E-state index in [1.54, 1.807) is 26.3 Å². The molecule has 0 saturated carbocycles. The van der Waals surface area contributed by atoms with Gasteiger partial charge in [0.1, 0.15) is 29.7 Å². The van der Waals surface area contributed by atoms with Crippen LogP contribution in [0.4, 0.5) is 21.5 Å². The summed E-state index contributed by atoms with van der Waals surface area (Å²) in [6.07, 6.45) is 2.77. The lowest BCUT2D eigenvalue weighted by molar-refractivity contribution is -0.137. The largest absolute Gasteiger partial charge is 0.489 e. The van der Waals surface area contributed by atoms with Gasteiger partial charge in [-0.2, -0.15) is 0 Å². The minimum atomic E-state index is -1.05. The molecule has 2 amide bonds. The van der Waals surface area contributed by atoms with Crippen molar-refractivity contribution in [1.82, 2.24) is 9.36 Å². The summed E-state index contributed by atoms with van der Waals surface area (Å²) in [5, 5.41) is 0.199. The fourth-order valence-electron chi connectivity index (χ4n) is 6.49. The van der Waals surface area contributed by atoms with E-state index >= 15 is 0 Å². The molecule has 2 atom stereocenters. The lowest BCUT2D eigenvalue weighted by atomic mass is 10.0. The minimum Gasteiger partial charge on any atom is -0.489 e. The molecule has 4 aromatic rings. The molecule has 0 aliphatic carbocycles. The van der Waals surface area contributed by atoms with E-state index in [-0.39, 0.29) is 51.1 Å². The molecule has 19 heteroatoms. The zero-order chi connectivity index (χ0) is 44.1. The predicted octanol–water partition coefficient (Wildman–Crippen LogP) is 8.56. The van der Waals surface area contributed by atoms with E-state index < -0.39 is 16.6 Å². The second-order valence-electron chi connectivity index (χ2n) is 13.6. The number of thioether (sulfide) groups is 1. The number of esters is 1. The van der Waals surface area contributed by atoms with E-state index in [1.165, 1.54) is 13.2 Å². The molecule has 6 rings (SSSR count). The summed E-state index contributed by atoms with van der Waals surface area (Å²) in [5.74, 6) is -0.663. The quantitative estimate of drug-likeness (QED) is 0.0833. The highest BCUT2D eigenvalue weighted by Gasteiger charge is 2.32. The highest BCUT2D eigenvalue weighted by molar-refractivity contribution is 8.00. The van der Waals surface area contributed by atoms with Crippen LogP contribution in [-0.4, -0.2) is 83.1 Å². The van der Waals surface area contributed by atoms with Crippen molar-refractivity contribution in [3.8, 4) is 5.75 Å². The summed E-state index contributed by atoms with van der Waals surface area (Å²) < 4.78 is 32.9. The molecule has 0 bridgehead atoms. The molecule has 1 aromatic heterocycles. The number of hydrogen-bond acceptors (Lipinski definition) is 10. The fourth-order valence-corrected chi connectivity index (χ4v) is 8.82. The smallest absolute Gasteiger partial charge is 0.325 e. The number of carbonyl (C=O) groups excluding carboxylic acids is 3. The summed E-state index contributed by atoms with van der Waals surface area (Å²) in [7, 11) is 2.93. The van der Waals surface area contributed by atoms with Gasteiger partial charge >= 0.3 is 10.8 Å². The Kier molecular flexibility index (Phi) is 19.3. The number of methoxy groups -OCH3 is 2. The third kappa shape index (κ3) is 12.5. The SMILES string of the molecule is CC1COc2ccccc2N1C(=O)C(Cl)Cl.CCc1cccc(C)c1N(C(=O)CCl)C(C)COC.COC(=O)CSc1cc(N=c2sc(=O)n3n2CCCC3)c(F)cc1Cl. The lowest BCUT2D eigenvalue weighted by Crippen LogP contribution is -2.47. The predicted molar refractivity (Wildman–Crippen MR) is 240 cm³/mol. The summed E-state index contributed by atoms with van der Waals surface area (Å²) in [4.78, 5) is 54.9. The van der Waals surface area contributed by atoms with Crippen molar-refractivity contribution in [2.75, 3.05) is 48.9 Å². The van der Waals surface area contributed by atoms with Crippen molar-refractivity contribution >= 4 is 104 Å². The number of aryl methyl sites for hydroxylation is 2. The molecule has 0 radical (unpaired) electrons. The summed E-state index contributed by atoms with van der Waals surface area (Å²) >= 11 is 25.2. The maximum absolute atomic E-state index is 14.3. The number of halogens is 5. The van der Waals surface area contributed by atoms with Gasteiger partial charge in [0.2, 0.25) is 10.7 Å². The van der Waals surface area contributed by atoms with Gasteiger partial charge in [-0.25, -0.2) is 14.1 Å². The van der Waals surface area contributed by atoms with Gasteiger partial charge in [-0.15, -0.1) is 23.4 Å². The average Bonchev–Trinajstić information content (AvgIpc) is 3.56. The zero-order valence-electron chi connectivity index (χ0n) is 34.1. The molecule has 3 heterocycles. The molecule has 2 aliphatic rings. The number of benzene rings is 3. The highest BCUT2D eigenvalue weighted by atomic mass is 35.5. The van der Waals surface area contributed by atoms with Gasteiger partial charge in [0, 0.05) is 25.1 Å². The third-order valence-corrected chi connectivity index (χ3v) is 12.3. The van der Waals surface area contributed by atoms with Crippen LogP contribution in [0.3, 0.4) is 0 Å². The fraction of sp³-hybridized carbons (Fsp3) is 0.439. The number of amides is 2. The van der Waals surface area contributed by atoms with E-state index in [9.17, 15) is 23.6 Å². The van der Waals surface area contributed by atoms with Crippen molar-refractivity contribution in [2.24, 2.45) is 4.99 Å². The number of carbonyl (C=O) groups is 3. The van der Waals surface area contributed by atoms with Crippen molar-refractivity contribution in [1.29, 1.82) is 0 Å². The Balaban J connectivity index is 0.000000204. The number of nitrogens with zero attached hydrogens (tertiary/aromatic N) is 5. The summed E-state index contributed by atoms with van der Waals surface area (Å²) in [6.45, 7) is 10.2. The van der Waals surface area contributed by atoms with Crippen LogP contribution in [-0.2, 0) is 43.4 Å². The zero-order valence-corrected chi connectivity index (χ0v) is 38.7. The van der Waals surface area contributed by atoms with E-state index in [2.05, 4.69) is 22.7 Å². The Morgan fingerprint density at radius 2 is 1.78 bits per heavy atom. The number of ether oxygens (including phenoxy) is 3. The second-order valence-corrected chi connectivity index (χ2v) is 17.3. The summed E-state index contributed by atoms with van der Waals surface area (Å²) in [5.41, 5.74) is 4.01. The first-order valence-electron chi connectivity index (χ1n) is 19.0. The van der Waals surface area contributed by atoms with Gasteiger partial charge in [0.15, 0.2) is 4.84 Å². The first kappa shape index (κ1) is 49.1. The first-order chi connectivity index (χ1) is 28.7. The maximum atomic E-state index is 14.3. The van der Waals surface area contributed by atoms with Crippen molar-refractivity contribution in [3.63, 3.8) is 0 Å². The van der Waals surface area contributed by atoms with Crippen LogP contribution < -0.4 is 24.2 Å². The molecule has 0 fully saturated rings. The summed E-state index contributed by atoms with van der Waals surface area (Å²) in [6, 6.07) is 16.0. The van der Waals surface area contributed by atoms with E-state index in [0.29, 0.717) is 41.7 Å². The van der Waals surface area contributed by atoms with Gasteiger partial charge in [-0.3, -0.25) is 23.9 Å². The molecule has 2 unspecified atom stereocenters. The van der Waals surface area contributed by atoms with Gasteiger partial charge < -0.3 is 24.0 Å². The number of para-hydroxylation sites is 3. The second kappa shape index (κ2) is 23.6. The molecule has 0 spiro atoms. The van der Waals surface area contributed by atoms with Crippen LogP contribution >= 0.6 is 69.5 Å². The van der Waals surface area contributed by atoms with Gasteiger partial charge in [-0.05, 0) is 86.8 Å². The number of anilines is 2. The van der Waals surface area contributed by atoms with Crippen LogP contribution in [0.5, 0.6) is 5.75 Å². The van der Waals surface area contributed by atoms with Crippen LogP contribution in [0.2, 0.25) is 5.02 Å². The van der Waals surface area contributed by atoms with E-state index in [0.717, 1.165) is 70.9 Å². The van der Waals surface area contributed by atoms with Crippen molar-refractivity contribution in [2.45, 2.75) is 81.9 Å². The molecule has 60 heavy (non-hydrogen) atoms.